The molecule has 0 saturated carbocycles. The van der Waals surface area contributed by atoms with Crippen molar-refractivity contribution in [3.63, 3.8) is 0 Å². The lowest BCUT2D eigenvalue weighted by atomic mass is 10.1. The molecule has 1 aromatic carbocycles. The largest absolute Gasteiger partial charge is 0.334 e. The van der Waals surface area contributed by atoms with E-state index in [4.69, 9.17) is 0 Å². The van der Waals surface area contributed by atoms with E-state index in [0.29, 0.717) is 11.7 Å². The molecule has 22 heavy (non-hydrogen) atoms. The van der Waals surface area contributed by atoms with E-state index >= 15 is 0 Å². The number of carbonyl (C=O) groups excluding carboxylic acids is 1. The third-order valence-corrected chi connectivity index (χ3v) is 4.39. The van der Waals surface area contributed by atoms with Gasteiger partial charge in [-0.2, -0.15) is 0 Å². The van der Waals surface area contributed by atoms with Crippen molar-refractivity contribution < 1.29 is 4.79 Å². The predicted octanol–water partition coefficient (Wildman–Crippen LogP) is 3.06. The van der Waals surface area contributed by atoms with Crippen LogP contribution in [0, 0.1) is 0 Å². The Kier molecular flexibility index (Phi) is 5.03. The van der Waals surface area contributed by atoms with Gasteiger partial charge < -0.3 is 5.32 Å². The summed E-state index contributed by atoms with van der Waals surface area (Å²) in [5, 5.41) is 8.02. The number of likely N-dealkylation sites (tertiary alicyclic amines) is 1. The van der Waals surface area contributed by atoms with E-state index in [1.54, 1.807) is 6.20 Å². The highest BCUT2D eigenvalue weighted by molar-refractivity contribution is 7.13. The van der Waals surface area contributed by atoms with E-state index in [1.165, 1.54) is 42.8 Å². The predicted molar refractivity (Wildman–Crippen MR) is 88.9 cm³/mol. The Hall–Kier alpha value is -1.92. The van der Waals surface area contributed by atoms with Crippen LogP contribution in [0.2, 0.25) is 0 Å². The van der Waals surface area contributed by atoms with Gasteiger partial charge in [0.15, 0.2) is 5.13 Å². The van der Waals surface area contributed by atoms with Crippen LogP contribution in [0.15, 0.2) is 35.8 Å². The van der Waals surface area contributed by atoms with Gasteiger partial charge >= 0.3 is 6.03 Å². The monoisotopic (exact) mass is 316 g/mol. The molecule has 0 unspecified atom stereocenters. The second-order valence-electron chi connectivity index (χ2n) is 5.45. The molecule has 116 valence electrons. The van der Waals surface area contributed by atoms with Crippen LogP contribution in [0.1, 0.15) is 24.0 Å². The Balaban J connectivity index is 1.50. The number of hydrogen-bond donors (Lipinski definition) is 2. The minimum absolute atomic E-state index is 0.222. The van der Waals surface area contributed by atoms with Crippen LogP contribution in [0.25, 0.3) is 0 Å². The number of aromatic nitrogens is 1. The van der Waals surface area contributed by atoms with Crippen molar-refractivity contribution in [3.8, 4) is 0 Å². The van der Waals surface area contributed by atoms with Crippen molar-refractivity contribution in [3.05, 3.63) is 47.0 Å². The lowest BCUT2D eigenvalue weighted by molar-refractivity contribution is 0.251. The Morgan fingerprint density at radius 3 is 2.86 bits per heavy atom. The van der Waals surface area contributed by atoms with Gasteiger partial charge in [0, 0.05) is 24.7 Å². The van der Waals surface area contributed by atoms with Crippen LogP contribution in [-0.4, -0.2) is 29.0 Å². The molecule has 0 radical (unpaired) electrons. The van der Waals surface area contributed by atoms with Gasteiger partial charge in [-0.25, -0.2) is 9.78 Å². The molecule has 0 aliphatic carbocycles. The third-order valence-electron chi connectivity index (χ3n) is 3.70. The topological polar surface area (TPSA) is 57.3 Å². The maximum Gasteiger partial charge on any atom is 0.321 e. The zero-order valence-corrected chi connectivity index (χ0v) is 13.2. The Morgan fingerprint density at radius 1 is 1.27 bits per heavy atom. The second kappa shape index (κ2) is 7.38. The summed E-state index contributed by atoms with van der Waals surface area (Å²) >= 11 is 1.40. The lowest BCUT2D eigenvalue weighted by Gasteiger charge is -2.15. The van der Waals surface area contributed by atoms with Gasteiger partial charge in [0.2, 0.25) is 0 Å². The number of hydrogen-bond acceptors (Lipinski definition) is 4. The zero-order valence-electron chi connectivity index (χ0n) is 12.4. The molecule has 0 atom stereocenters. The Morgan fingerprint density at radius 2 is 2.09 bits per heavy atom. The second-order valence-corrected chi connectivity index (χ2v) is 6.34. The van der Waals surface area contributed by atoms with Gasteiger partial charge in [0.05, 0.1) is 0 Å². The molecule has 2 aromatic rings. The van der Waals surface area contributed by atoms with Gasteiger partial charge in [0.25, 0.3) is 0 Å². The fraction of sp³-hybridized carbons (Fsp3) is 0.375. The summed E-state index contributed by atoms with van der Waals surface area (Å²) in [6.45, 7) is 3.90. The molecule has 2 heterocycles. The van der Waals surface area contributed by atoms with Gasteiger partial charge in [0.1, 0.15) is 0 Å². The van der Waals surface area contributed by atoms with Crippen LogP contribution in [0.5, 0.6) is 0 Å². The summed E-state index contributed by atoms with van der Waals surface area (Å²) < 4.78 is 0. The first-order valence-corrected chi connectivity index (χ1v) is 8.42. The van der Waals surface area contributed by atoms with Crippen LogP contribution >= 0.6 is 11.3 Å². The molecule has 1 fully saturated rings. The molecular formula is C16H20N4OS. The normalized spacial score (nSPS) is 14.9. The van der Waals surface area contributed by atoms with E-state index in [1.807, 2.05) is 11.4 Å². The van der Waals surface area contributed by atoms with Gasteiger partial charge in [-0.1, -0.05) is 24.3 Å². The minimum atomic E-state index is -0.222. The van der Waals surface area contributed by atoms with E-state index < -0.39 is 0 Å². The van der Waals surface area contributed by atoms with Crippen LogP contribution in [0.3, 0.4) is 0 Å². The molecule has 1 aromatic heterocycles. The molecule has 1 saturated heterocycles. The first-order valence-electron chi connectivity index (χ1n) is 7.54. The summed E-state index contributed by atoms with van der Waals surface area (Å²) in [5.41, 5.74) is 2.42. The van der Waals surface area contributed by atoms with Crippen LogP contribution < -0.4 is 10.6 Å². The van der Waals surface area contributed by atoms with Gasteiger partial charge in [-0.3, -0.25) is 10.2 Å². The fourth-order valence-corrected chi connectivity index (χ4v) is 3.17. The number of urea groups is 1. The van der Waals surface area contributed by atoms with Crippen molar-refractivity contribution >= 4 is 22.5 Å². The van der Waals surface area contributed by atoms with Crippen molar-refractivity contribution in [1.29, 1.82) is 0 Å². The molecule has 5 nitrogen and oxygen atoms in total. The van der Waals surface area contributed by atoms with E-state index in [-0.39, 0.29) is 6.03 Å². The summed E-state index contributed by atoms with van der Waals surface area (Å²) in [6.07, 6.45) is 4.28. The van der Waals surface area contributed by atoms with Crippen LogP contribution in [-0.2, 0) is 13.1 Å². The van der Waals surface area contributed by atoms with Crippen molar-refractivity contribution in [2.45, 2.75) is 25.9 Å². The molecule has 1 aliphatic rings. The number of anilines is 1. The van der Waals surface area contributed by atoms with Crippen molar-refractivity contribution in [2.75, 3.05) is 18.4 Å². The van der Waals surface area contributed by atoms with E-state index in [9.17, 15) is 4.79 Å². The van der Waals surface area contributed by atoms with Gasteiger partial charge in [-0.15, -0.1) is 11.3 Å². The number of nitrogens with one attached hydrogen (secondary N) is 2. The fourth-order valence-electron chi connectivity index (χ4n) is 2.65. The lowest BCUT2D eigenvalue weighted by Crippen LogP contribution is -2.28. The standard InChI is InChI=1S/C16H20N4OS/c21-15(19-16-17-6-9-22-16)18-11-13-4-3-5-14(10-13)12-20-7-1-2-8-20/h3-6,9-10H,1-2,7-8,11-12H2,(H2,17,18,19,21). The van der Waals surface area contributed by atoms with E-state index in [2.05, 4.69) is 38.7 Å². The number of amides is 2. The number of rotatable bonds is 5. The molecule has 0 spiro atoms. The van der Waals surface area contributed by atoms with Crippen LogP contribution in [0.4, 0.5) is 9.93 Å². The number of carbonyl (C=O) groups is 1. The summed E-state index contributed by atoms with van der Waals surface area (Å²) in [5.74, 6) is 0. The average molecular weight is 316 g/mol. The SMILES string of the molecule is O=C(NCc1cccc(CN2CCCC2)c1)Nc1nccs1. The van der Waals surface area contributed by atoms with Gasteiger partial charge in [-0.05, 0) is 37.1 Å². The molecule has 1 aliphatic heterocycles. The maximum absolute atomic E-state index is 11.8. The average Bonchev–Trinajstić information content (AvgIpc) is 3.19. The van der Waals surface area contributed by atoms with E-state index in [0.717, 1.165) is 12.1 Å². The highest BCUT2D eigenvalue weighted by Gasteiger charge is 2.11. The zero-order chi connectivity index (χ0) is 15.2. The maximum atomic E-state index is 11.8. The summed E-state index contributed by atoms with van der Waals surface area (Å²) in [6, 6.07) is 8.19. The summed E-state index contributed by atoms with van der Waals surface area (Å²) in [7, 11) is 0. The van der Waals surface area contributed by atoms with Crippen molar-refractivity contribution in [2.24, 2.45) is 0 Å². The molecule has 2 N–H and O–H groups in total. The number of nitrogens with zero attached hydrogens (tertiary/aromatic N) is 2. The molecular weight excluding hydrogens is 296 g/mol. The highest BCUT2D eigenvalue weighted by Crippen LogP contribution is 2.14. The smallest absolute Gasteiger partial charge is 0.321 e. The molecule has 3 rings (SSSR count). The summed E-state index contributed by atoms with van der Waals surface area (Å²) in [4.78, 5) is 18.3. The number of benzene rings is 1. The third kappa shape index (κ3) is 4.29. The Bertz CT molecular complexity index is 608. The molecule has 2 amide bonds. The quantitative estimate of drug-likeness (QED) is 0.891. The molecule has 6 heteroatoms. The first kappa shape index (κ1) is 15.0. The Labute approximate surface area is 134 Å². The first-order chi connectivity index (χ1) is 10.8. The minimum Gasteiger partial charge on any atom is -0.334 e. The van der Waals surface area contributed by atoms with Crippen molar-refractivity contribution in [1.82, 2.24) is 15.2 Å². The number of thiazole rings is 1. The highest BCUT2D eigenvalue weighted by atomic mass is 32.1. The molecule has 0 bridgehead atoms.